The highest BCUT2D eigenvalue weighted by atomic mass is 16.5. The van der Waals surface area contributed by atoms with Gasteiger partial charge in [-0.3, -0.25) is 29.0 Å². The molecule has 16 nitrogen and oxygen atoms in total. The molecule has 0 saturated carbocycles. The Morgan fingerprint density at radius 3 is 2.40 bits per heavy atom. The number of carboxylic acids is 1. The zero-order valence-electron chi connectivity index (χ0n) is 24.0. The molecule has 2 rings (SSSR count). The van der Waals surface area contributed by atoms with Gasteiger partial charge in [-0.15, -0.1) is 0 Å². The van der Waals surface area contributed by atoms with E-state index in [1.54, 1.807) is 24.3 Å². The third kappa shape index (κ3) is 12.8. The molecule has 4 atom stereocenters. The second-order valence-electron chi connectivity index (χ2n) is 9.90. The minimum atomic E-state index is -1.52. The van der Waals surface area contributed by atoms with Crippen molar-refractivity contribution in [3.05, 3.63) is 29.8 Å². The van der Waals surface area contributed by atoms with Crippen LogP contribution in [0.3, 0.4) is 0 Å². The Balaban J connectivity index is 1.97. The first-order valence-electron chi connectivity index (χ1n) is 13.8. The Labute approximate surface area is 248 Å². The second kappa shape index (κ2) is 17.9. The predicted octanol–water partition coefficient (Wildman–Crippen LogP) is -2.71. The summed E-state index contributed by atoms with van der Waals surface area (Å²) in [4.78, 5) is 77.8. The first kappa shape index (κ1) is 34.5. The molecular weight excluding hydrogens is 564 g/mol. The monoisotopic (exact) mass is 604 g/mol. The summed E-state index contributed by atoms with van der Waals surface area (Å²) in [6.45, 7) is 0.295. The van der Waals surface area contributed by atoms with Gasteiger partial charge in [0.25, 0.3) is 0 Å². The SMILES string of the molecule is COc1ccc(C[C@@H](C=O)NC(=O)[C@H](CC(=O)O)NC(=O)CNC(=O)[C@H](CCCN=C(N)N)NC(=O)[C@@H]2CCCN2)cc1. The van der Waals surface area contributed by atoms with Gasteiger partial charge in [0, 0.05) is 6.54 Å². The van der Waals surface area contributed by atoms with Crippen LogP contribution in [0.25, 0.3) is 0 Å². The predicted molar refractivity (Wildman–Crippen MR) is 155 cm³/mol. The summed E-state index contributed by atoms with van der Waals surface area (Å²) in [5, 5.41) is 22.1. The van der Waals surface area contributed by atoms with E-state index in [1.807, 2.05) is 0 Å². The van der Waals surface area contributed by atoms with E-state index in [-0.39, 0.29) is 31.3 Å². The molecule has 1 fully saturated rings. The van der Waals surface area contributed by atoms with Gasteiger partial charge in [0.15, 0.2) is 5.96 Å². The Hall–Kier alpha value is -4.73. The van der Waals surface area contributed by atoms with Crippen LogP contribution < -0.4 is 42.8 Å². The number of aldehydes is 1. The number of carbonyl (C=O) groups excluding carboxylic acids is 5. The van der Waals surface area contributed by atoms with Crippen LogP contribution in [0.1, 0.15) is 37.7 Å². The van der Waals surface area contributed by atoms with E-state index in [1.165, 1.54) is 7.11 Å². The summed E-state index contributed by atoms with van der Waals surface area (Å²) in [5.41, 5.74) is 11.4. The van der Waals surface area contributed by atoms with Gasteiger partial charge in [-0.2, -0.15) is 0 Å². The van der Waals surface area contributed by atoms with Crippen molar-refractivity contribution in [2.24, 2.45) is 16.5 Å². The Morgan fingerprint density at radius 1 is 1.09 bits per heavy atom. The lowest BCUT2D eigenvalue weighted by atomic mass is 10.1. The maximum Gasteiger partial charge on any atom is 0.305 e. The summed E-state index contributed by atoms with van der Waals surface area (Å²) in [7, 11) is 1.51. The number of rotatable bonds is 18. The highest BCUT2D eigenvalue weighted by molar-refractivity contribution is 5.94. The maximum atomic E-state index is 12.9. The van der Waals surface area contributed by atoms with Gasteiger partial charge in [-0.1, -0.05) is 12.1 Å². The number of guanidine groups is 1. The van der Waals surface area contributed by atoms with E-state index >= 15 is 0 Å². The van der Waals surface area contributed by atoms with Crippen LogP contribution in [0.5, 0.6) is 5.75 Å². The van der Waals surface area contributed by atoms with Gasteiger partial charge in [0.05, 0.1) is 32.2 Å². The van der Waals surface area contributed by atoms with Crippen molar-refractivity contribution in [1.82, 2.24) is 26.6 Å². The number of hydrogen-bond donors (Lipinski definition) is 8. The van der Waals surface area contributed by atoms with E-state index in [9.17, 15) is 33.9 Å². The van der Waals surface area contributed by atoms with Crippen molar-refractivity contribution in [3.8, 4) is 5.75 Å². The van der Waals surface area contributed by atoms with Crippen LogP contribution in [-0.2, 0) is 35.2 Å². The third-order valence-corrected chi connectivity index (χ3v) is 6.52. The highest BCUT2D eigenvalue weighted by Gasteiger charge is 2.29. The largest absolute Gasteiger partial charge is 0.497 e. The van der Waals surface area contributed by atoms with Crippen molar-refractivity contribution in [2.75, 3.05) is 26.7 Å². The molecule has 0 radical (unpaired) electrons. The third-order valence-electron chi connectivity index (χ3n) is 6.52. The molecule has 1 saturated heterocycles. The number of nitrogens with one attached hydrogen (secondary N) is 5. The van der Waals surface area contributed by atoms with Crippen LogP contribution in [0, 0.1) is 0 Å². The first-order valence-corrected chi connectivity index (χ1v) is 13.8. The van der Waals surface area contributed by atoms with E-state index in [2.05, 4.69) is 31.6 Å². The van der Waals surface area contributed by atoms with Crippen LogP contribution in [0.4, 0.5) is 0 Å². The lowest BCUT2D eigenvalue weighted by molar-refractivity contribution is -0.141. The average molecular weight is 605 g/mol. The normalized spacial score (nSPS) is 16.1. The topological polar surface area (TPSA) is 256 Å². The number of nitrogens with two attached hydrogens (primary N) is 2. The molecule has 0 bridgehead atoms. The Morgan fingerprint density at radius 2 is 1.81 bits per heavy atom. The Bertz CT molecular complexity index is 1150. The van der Waals surface area contributed by atoms with Crippen LogP contribution in [0.2, 0.25) is 0 Å². The van der Waals surface area contributed by atoms with E-state index in [4.69, 9.17) is 16.2 Å². The number of benzene rings is 1. The molecule has 1 aliphatic heterocycles. The van der Waals surface area contributed by atoms with Gasteiger partial charge in [0.2, 0.25) is 23.6 Å². The van der Waals surface area contributed by atoms with Crippen molar-refractivity contribution >= 4 is 41.8 Å². The van der Waals surface area contributed by atoms with Crippen molar-refractivity contribution in [1.29, 1.82) is 0 Å². The summed E-state index contributed by atoms with van der Waals surface area (Å²) < 4.78 is 5.09. The molecule has 10 N–H and O–H groups in total. The summed E-state index contributed by atoms with van der Waals surface area (Å²) in [6, 6.07) is 2.84. The number of carbonyl (C=O) groups is 6. The molecule has 0 aromatic heterocycles. The molecule has 1 aromatic carbocycles. The van der Waals surface area contributed by atoms with Gasteiger partial charge in [-0.25, -0.2) is 0 Å². The minimum Gasteiger partial charge on any atom is -0.497 e. The van der Waals surface area contributed by atoms with Crippen molar-refractivity contribution < 1.29 is 38.6 Å². The molecule has 0 unspecified atom stereocenters. The van der Waals surface area contributed by atoms with Gasteiger partial charge in [0.1, 0.15) is 24.1 Å². The molecule has 1 aromatic rings. The fraction of sp³-hybridized carbons (Fsp3) is 0.519. The van der Waals surface area contributed by atoms with E-state index < -0.39 is 60.8 Å². The maximum absolute atomic E-state index is 12.9. The summed E-state index contributed by atoms with van der Waals surface area (Å²) >= 11 is 0. The number of ether oxygens (including phenoxy) is 1. The molecule has 0 aliphatic carbocycles. The molecule has 1 heterocycles. The molecule has 0 spiro atoms. The number of amides is 4. The minimum absolute atomic E-state index is 0.114. The van der Waals surface area contributed by atoms with Crippen LogP contribution in [-0.4, -0.2) is 97.9 Å². The lowest BCUT2D eigenvalue weighted by Gasteiger charge is -2.22. The average Bonchev–Trinajstić information content (AvgIpc) is 3.52. The van der Waals surface area contributed by atoms with Gasteiger partial charge in [-0.05, 0) is 56.3 Å². The fourth-order valence-corrected chi connectivity index (χ4v) is 4.30. The number of methoxy groups -OCH3 is 1. The molecule has 16 heteroatoms. The number of nitrogens with zero attached hydrogens (tertiary/aromatic N) is 1. The second-order valence-corrected chi connectivity index (χ2v) is 9.90. The lowest BCUT2D eigenvalue weighted by Crippen LogP contribution is -2.55. The highest BCUT2D eigenvalue weighted by Crippen LogP contribution is 2.12. The zero-order valence-corrected chi connectivity index (χ0v) is 24.0. The summed E-state index contributed by atoms with van der Waals surface area (Å²) in [5.74, 6) is -3.63. The zero-order chi connectivity index (χ0) is 31.8. The fourth-order valence-electron chi connectivity index (χ4n) is 4.30. The molecular formula is C27H40N8O8. The van der Waals surface area contributed by atoms with Gasteiger partial charge < -0.3 is 52.7 Å². The molecule has 4 amide bonds. The standard InChI is InChI=1S/C27H40N8O8/c1-43-18-8-6-16(7-9-18)12-17(15-36)33-26(42)21(13-23(38)39)34-22(37)14-32-24(40)20(5-3-11-31-27(28)29)35-25(41)19-4-2-10-30-19/h6-9,15,17,19-21,30H,2-5,10-14H2,1H3,(H,32,40)(H,33,42)(H,34,37)(H,35,41)(H,38,39)(H4,28,29,31)/t17-,19-,20-,21-/m0/s1. The quantitative estimate of drug-likeness (QED) is 0.0370. The van der Waals surface area contributed by atoms with E-state index in [0.29, 0.717) is 37.0 Å². The first-order chi connectivity index (χ1) is 20.5. The number of aliphatic imine (C=N–C) groups is 1. The molecule has 1 aliphatic rings. The van der Waals surface area contributed by atoms with E-state index in [0.717, 1.165) is 6.42 Å². The Kier molecular flexibility index (Phi) is 14.4. The van der Waals surface area contributed by atoms with Crippen LogP contribution in [0.15, 0.2) is 29.3 Å². The number of aliphatic carboxylic acids is 1. The van der Waals surface area contributed by atoms with Crippen molar-refractivity contribution in [3.63, 3.8) is 0 Å². The molecule has 236 valence electrons. The number of carboxylic acid groups (broad SMARTS) is 1. The molecule has 43 heavy (non-hydrogen) atoms. The van der Waals surface area contributed by atoms with Gasteiger partial charge >= 0.3 is 5.97 Å². The smallest absolute Gasteiger partial charge is 0.305 e. The van der Waals surface area contributed by atoms with Crippen molar-refractivity contribution in [2.45, 2.75) is 62.7 Å². The summed E-state index contributed by atoms with van der Waals surface area (Å²) in [6.07, 6.45) is 1.83. The number of hydrogen-bond acceptors (Lipinski definition) is 9. The van der Waals surface area contributed by atoms with Crippen LogP contribution >= 0.6 is 0 Å².